The van der Waals surface area contributed by atoms with Crippen LogP contribution in [0.1, 0.15) is 23.0 Å². The van der Waals surface area contributed by atoms with Gasteiger partial charge in [-0.2, -0.15) is 10.4 Å². The normalized spacial score (nSPS) is 12.2. The fraction of sp³-hybridized carbons (Fsp3) is 0.0870. The number of rotatable bonds is 7. The molecule has 0 unspecified atom stereocenters. The highest BCUT2D eigenvalue weighted by atomic mass is 32.2. The summed E-state index contributed by atoms with van der Waals surface area (Å²) in [7, 11) is -3.82. The van der Waals surface area contributed by atoms with Crippen LogP contribution in [0.25, 0.3) is 5.69 Å². The van der Waals surface area contributed by atoms with Crippen LogP contribution in [0, 0.1) is 16.1 Å². The maximum absolute atomic E-state index is 13.1. The molecule has 0 saturated heterocycles. The van der Waals surface area contributed by atoms with Crippen molar-refractivity contribution >= 4 is 22.2 Å². The second kappa shape index (κ2) is 9.28. The molecular formula is C23H19N5O2S2. The molecule has 160 valence electrons. The zero-order valence-corrected chi connectivity index (χ0v) is 18.5. The van der Waals surface area contributed by atoms with Crippen LogP contribution in [-0.4, -0.2) is 23.2 Å². The minimum absolute atomic E-state index is 0.164. The van der Waals surface area contributed by atoms with E-state index in [4.69, 9.17) is 17.5 Å². The zero-order valence-electron chi connectivity index (χ0n) is 16.8. The topological polar surface area (TPSA) is 104 Å². The van der Waals surface area contributed by atoms with Gasteiger partial charge in [-0.1, -0.05) is 48.5 Å². The number of benzene rings is 3. The van der Waals surface area contributed by atoms with E-state index < -0.39 is 16.1 Å². The van der Waals surface area contributed by atoms with Crippen LogP contribution in [0.15, 0.2) is 89.8 Å². The molecule has 32 heavy (non-hydrogen) atoms. The van der Waals surface area contributed by atoms with Gasteiger partial charge in [-0.05, 0) is 60.6 Å². The van der Waals surface area contributed by atoms with Crippen LogP contribution >= 0.6 is 12.2 Å². The van der Waals surface area contributed by atoms with Gasteiger partial charge in [-0.25, -0.2) is 13.1 Å². The van der Waals surface area contributed by atoms with E-state index in [1.165, 1.54) is 0 Å². The number of nitrogens with one attached hydrogen (secondary N) is 2. The summed E-state index contributed by atoms with van der Waals surface area (Å²) in [5.74, 6) is 0.420. The second-order valence-corrected chi connectivity index (χ2v) is 9.16. The predicted octanol–water partition coefficient (Wildman–Crippen LogP) is 4.06. The fourth-order valence-electron chi connectivity index (χ4n) is 3.37. The van der Waals surface area contributed by atoms with Crippen molar-refractivity contribution < 1.29 is 8.42 Å². The van der Waals surface area contributed by atoms with Gasteiger partial charge in [0.25, 0.3) is 0 Å². The summed E-state index contributed by atoms with van der Waals surface area (Å²) in [5, 5.41) is 16.2. The van der Waals surface area contributed by atoms with Crippen LogP contribution in [0.2, 0.25) is 0 Å². The minimum Gasteiger partial charge on any atom is -0.271 e. The zero-order chi connectivity index (χ0) is 22.6. The molecule has 0 aliphatic heterocycles. The molecule has 4 rings (SSSR count). The molecule has 4 aromatic rings. The highest BCUT2D eigenvalue weighted by Crippen LogP contribution is 2.23. The highest BCUT2D eigenvalue weighted by Gasteiger charge is 2.26. The van der Waals surface area contributed by atoms with Gasteiger partial charge in [0.15, 0.2) is 10.6 Å². The SMILES string of the molecule is N#Cc1ccc(-n2c([C@@H](Cc3ccccc3)NS(=O)(=O)c3ccccc3)n[nH]c2=S)cc1. The Hall–Kier alpha value is -3.58. The van der Waals surface area contributed by atoms with E-state index in [2.05, 4.69) is 21.0 Å². The van der Waals surface area contributed by atoms with Gasteiger partial charge in [0.2, 0.25) is 10.0 Å². The van der Waals surface area contributed by atoms with Gasteiger partial charge in [-0.3, -0.25) is 9.67 Å². The van der Waals surface area contributed by atoms with Crippen LogP contribution in [0.3, 0.4) is 0 Å². The smallest absolute Gasteiger partial charge is 0.241 e. The van der Waals surface area contributed by atoms with Crippen molar-refractivity contribution in [2.45, 2.75) is 17.4 Å². The molecule has 1 aromatic heterocycles. The first kappa shape index (κ1) is 21.6. The lowest BCUT2D eigenvalue weighted by molar-refractivity contribution is 0.538. The van der Waals surface area contributed by atoms with Crippen LogP contribution in [0.4, 0.5) is 0 Å². The van der Waals surface area contributed by atoms with E-state index in [1.807, 2.05) is 30.3 Å². The third-order valence-corrected chi connectivity index (χ3v) is 6.66. The van der Waals surface area contributed by atoms with Crippen molar-refractivity contribution in [2.75, 3.05) is 0 Å². The lowest BCUT2D eigenvalue weighted by Gasteiger charge is -2.19. The number of hydrogen-bond donors (Lipinski definition) is 2. The number of H-pyrrole nitrogens is 1. The van der Waals surface area contributed by atoms with Crippen molar-refractivity contribution in [3.05, 3.63) is 107 Å². The van der Waals surface area contributed by atoms with Gasteiger partial charge < -0.3 is 0 Å². The molecule has 7 nitrogen and oxygen atoms in total. The standard InChI is InChI=1S/C23H19N5O2S2/c24-16-18-11-13-19(14-12-18)28-22(25-26-23(28)31)21(15-17-7-3-1-4-8-17)27-32(29,30)20-9-5-2-6-10-20/h1-14,21,27H,15H2,(H,26,31)/t21-/m1/s1. The number of nitrogens with zero attached hydrogens (tertiary/aromatic N) is 3. The average Bonchev–Trinajstić information content (AvgIpc) is 3.21. The molecule has 3 aromatic carbocycles. The van der Waals surface area contributed by atoms with Gasteiger partial charge in [-0.15, -0.1) is 0 Å². The van der Waals surface area contributed by atoms with Gasteiger partial charge >= 0.3 is 0 Å². The molecule has 0 aliphatic carbocycles. The first-order chi connectivity index (χ1) is 15.5. The van der Waals surface area contributed by atoms with E-state index in [0.717, 1.165) is 5.56 Å². The first-order valence-corrected chi connectivity index (χ1v) is 11.7. The molecule has 0 amide bonds. The number of sulfonamides is 1. The van der Waals surface area contributed by atoms with Gasteiger partial charge in [0.05, 0.1) is 22.6 Å². The Morgan fingerprint density at radius 3 is 2.25 bits per heavy atom. The van der Waals surface area contributed by atoms with E-state index in [0.29, 0.717) is 28.3 Å². The summed E-state index contributed by atoms with van der Waals surface area (Å²) in [6, 6.07) is 26.0. The Bertz CT molecular complexity index is 1410. The molecule has 0 spiro atoms. The molecule has 9 heteroatoms. The van der Waals surface area contributed by atoms with Crippen molar-refractivity contribution in [3.8, 4) is 11.8 Å². The third kappa shape index (κ3) is 4.68. The maximum Gasteiger partial charge on any atom is 0.241 e. The lowest BCUT2D eigenvalue weighted by Crippen LogP contribution is -2.32. The monoisotopic (exact) mass is 461 g/mol. The Morgan fingerprint density at radius 2 is 1.62 bits per heavy atom. The fourth-order valence-corrected chi connectivity index (χ4v) is 4.83. The largest absolute Gasteiger partial charge is 0.271 e. The molecule has 0 fully saturated rings. The number of aromatic nitrogens is 3. The van der Waals surface area contributed by atoms with Gasteiger partial charge in [0, 0.05) is 5.69 Å². The molecule has 2 N–H and O–H groups in total. The number of nitriles is 1. The van der Waals surface area contributed by atoms with E-state index in [-0.39, 0.29) is 4.90 Å². The highest BCUT2D eigenvalue weighted by molar-refractivity contribution is 7.89. The third-order valence-electron chi connectivity index (χ3n) is 4.90. The maximum atomic E-state index is 13.1. The van der Waals surface area contributed by atoms with Crippen molar-refractivity contribution in [1.82, 2.24) is 19.5 Å². The second-order valence-electron chi connectivity index (χ2n) is 7.06. The molecule has 0 bridgehead atoms. The summed E-state index contributed by atoms with van der Waals surface area (Å²) in [6.07, 6.45) is 0.364. The summed E-state index contributed by atoms with van der Waals surface area (Å²) >= 11 is 5.44. The average molecular weight is 462 g/mol. The van der Waals surface area contributed by atoms with Crippen LogP contribution in [-0.2, 0) is 16.4 Å². The predicted molar refractivity (Wildman–Crippen MR) is 123 cm³/mol. The van der Waals surface area contributed by atoms with E-state index in [9.17, 15) is 8.42 Å². The molecule has 1 heterocycles. The molecular weight excluding hydrogens is 442 g/mol. The molecule has 1 atom stereocenters. The Balaban J connectivity index is 1.79. The first-order valence-electron chi connectivity index (χ1n) is 9.77. The van der Waals surface area contributed by atoms with Crippen LogP contribution < -0.4 is 4.72 Å². The summed E-state index contributed by atoms with van der Waals surface area (Å²) in [6.45, 7) is 0. The summed E-state index contributed by atoms with van der Waals surface area (Å²) in [4.78, 5) is 0.164. The molecule has 0 radical (unpaired) electrons. The quantitative estimate of drug-likeness (QED) is 0.404. The van der Waals surface area contributed by atoms with Crippen molar-refractivity contribution in [3.63, 3.8) is 0 Å². The van der Waals surface area contributed by atoms with Crippen molar-refractivity contribution in [1.29, 1.82) is 5.26 Å². The van der Waals surface area contributed by atoms with Crippen LogP contribution in [0.5, 0.6) is 0 Å². The molecule has 0 aliphatic rings. The van der Waals surface area contributed by atoms with Crippen molar-refractivity contribution in [2.24, 2.45) is 0 Å². The lowest BCUT2D eigenvalue weighted by atomic mass is 10.1. The minimum atomic E-state index is -3.82. The summed E-state index contributed by atoms with van der Waals surface area (Å²) < 4.78 is 31.0. The van der Waals surface area contributed by atoms with E-state index in [1.54, 1.807) is 59.2 Å². The Labute approximate surface area is 191 Å². The van der Waals surface area contributed by atoms with E-state index >= 15 is 0 Å². The summed E-state index contributed by atoms with van der Waals surface area (Å²) in [5.41, 5.74) is 2.12. The molecule has 0 saturated carbocycles. The number of aromatic amines is 1. The Morgan fingerprint density at radius 1 is 1.00 bits per heavy atom. The van der Waals surface area contributed by atoms with Gasteiger partial charge in [0.1, 0.15) is 0 Å². The number of hydrogen-bond acceptors (Lipinski definition) is 5. The Kier molecular flexibility index (Phi) is 6.28.